The molecule has 1 aromatic heterocycles. The van der Waals surface area contributed by atoms with Crippen molar-refractivity contribution in [3.8, 4) is 0 Å². The van der Waals surface area contributed by atoms with Crippen LogP contribution in [0.1, 0.15) is 5.56 Å². The van der Waals surface area contributed by atoms with Crippen molar-refractivity contribution in [2.75, 3.05) is 18.5 Å². The molecule has 14 heavy (non-hydrogen) atoms. The largest absolute Gasteiger partial charge is 0.394 e. The van der Waals surface area contributed by atoms with Crippen LogP contribution in [0.4, 0.5) is 5.82 Å². The van der Waals surface area contributed by atoms with Gasteiger partial charge in [-0.25, -0.2) is 4.98 Å². The van der Waals surface area contributed by atoms with Gasteiger partial charge in [0.05, 0.1) is 17.2 Å². The van der Waals surface area contributed by atoms with E-state index in [1.165, 1.54) is 0 Å². The second-order valence-electron chi connectivity index (χ2n) is 3.06. The third kappa shape index (κ3) is 3.25. The number of hydrogen-bond donors (Lipinski definition) is 3. The van der Waals surface area contributed by atoms with E-state index < -0.39 is 6.10 Å². The molecule has 0 aromatic carbocycles. The molecule has 1 heterocycles. The Morgan fingerprint density at radius 2 is 2.36 bits per heavy atom. The number of aryl methyl sites for hydroxylation is 1. The molecule has 1 atom stereocenters. The first-order valence-electron chi connectivity index (χ1n) is 4.28. The first-order valence-corrected chi connectivity index (χ1v) is 5.07. The normalized spacial score (nSPS) is 12.6. The lowest BCUT2D eigenvalue weighted by Gasteiger charge is -2.10. The average molecular weight is 261 g/mol. The van der Waals surface area contributed by atoms with E-state index in [1.807, 2.05) is 13.0 Å². The first-order chi connectivity index (χ1) is 6.63. The molecule has 0 aliphatic heterocycles. The molecular formula is C9H13BrN2O2. The topological polar surface area (TPSA) is 65.4 Å². The summed E-state index contributed by atoms with van der Waals surface area (Å²) in [5, 5.41) is 20.6. The van der Waals surface area contributed by atoms with Crippen molar-refractivity contribution in [2.45, 2.75) is 13.0 Å². The van der Waals surface area contributed by atoms with Crippen molar-refractivity contribution in [1.29, 1.82) is 0 Å². The molecule has 3 N–H and O–H groups in total. The van der Waals surface area contributed by atoms with Crippen LogP contribution in [0.15, 0.2) is 16.7 Å². The molecule has 0 amide bonds. The predicted octanol–water partition coefficient (Wildman–Crippen LogP) is 0.918. The van der Waals surface area contributed by atoms with Crippen LogP contribution < -0.4 is 5.32 Å². The van der Waals surface area contributed by atoms with Gasteiger partial charge < -0.3 is 15.5 Å². The Kier molecular flexibility index (Phi) is 4.31. The SMILES string of the molecule is Cc1cnc(NCC(O)CO)c(Br)c1. The molecule has 1 aromatic rings. The Hall–Kier alpha value is -0.650. The van der Waals surface area contributed by atoms with Crippen LogP contribution >= 0.6 is 15.9 Å². The molecule has 0 spiro atoms. The van der Waals surface area contributed by atoms with Gasteiger partial charge in [0.1, 0.15) is 5.82 Å². The summed E-state index contributed by atoms with van der Waals surface area (Å²) >= 11 is 3.35. The smallest absolute Gasteiger partial charge is 0.140 e. The summed E-state index contributed by atoms with van der Waals surface area (Å²) in [6.07, 6.45) is 0.975. The van der Waals surface area contributed by atoms with E-state index in [-0.39, 0.29) is 13.2 Å². The number of nitrogens with one attached hydrogen (secondary N) is 1. The van der Waals surface area contributed by atoms with Gasteiger partial charge in [-0.05, 0) is 34.5 Å². The van der Waals surface area contributed by atoms with Gasteiger partial charge in [-0.15, -0.1) is 0 Å². The van der Waals surface area contributed by atoms with Crippen LogP contribution in [0, 0.1) is 6.92 Å². The van der Waals surface area contributed by atoms with Gasteiger partial charge in [-0.3, -0.25) is 0 Å². The minimum absolute atomic E-state index is 0.253. The summed E-state index contributed by atoms with van der Waals surface area (Å²) in [5.74, 6) is 0.670. The molecule has 78 valence electrons. The van der Waals surface area contributed by atoms with Crippen LogP contribution in [0.3, 0.4) is 0 Å². The number of nitrogens with zero attached hydrogens (tertiary/aromatic N) is 1. The summed E-state index contributed by atoms with van der Waals surface area (Å²) in [6, 6.07) is 1.93. The fourth-order valence-electron chi connectivity index (χ4n) is 0.943. The number of halogens is 1. The minimum Gasteiger partial charge on any atom is -0.394 e. The molecule has 0 bridgehead atoms. The van der Waals surface area contributed by atoms with E-state index >= 15 is 0 Å². The van der Waals surface area contributed by atoms with Crippen molar-refractivity contribution in [3.05, 3.63) is 22.3 Å². The van der Waals surface area contributed by atoms with Gasteiger partial charge >= 0.3 is 0 Å². The Labute approximate surface area is 91.1 Å². The molecule has 5 heteroatoms. The third-order valence-electron chi connectivity index (χ3n) is 1.69. The standard InChI is InChI=1S/C9H13BrN2O2/c1-6-2-8(10)9(11-3-6)12-4-7(14)5-13/h2-3,7,13-14H,4-5H2,1H3,(H,11,12). The van der Waals surface area contributed by atoms with Gasteiger partial charge in [-0.2, -0.15) is 0 Å². The summed E-state index contributed by atoms with van der Waals surface area (Å²) < 4.78 is 0.850. The summed E-state index contributed by atoms with van der Waals surface area (Å²) in [7, 11) is 0. The molecule has 1 rings (SSSR count). The van der Waals surface area contributed by atoms with Crippen molar-refractivity contribution in [3.63, 3.8) is 0 Å². The lowest BCUT2D eigenvalue weighted by Crippen LogP contribution is -2.23. The predicted molar refractivity (Wildman–Crippen MR) is 58.3 cm³/mol. The van der Waals surface area contributed by atoms with Gasteiger partial charge in [0.2, 0.25) is 0 Å². The zero-order valence-corrected chi connectivity index (χ0v) is 9.45. The van der Waals surface area contributed by atoms with Crippen molar-refractivity contribution in [1.82, 2.24) is 4.98 Å². The van der Waals surface area contributed by atoms with Gasteiger partial charge in [0, 0.05) is 12.7 Å². The molecule has 0 aliphatic carbocycles. The van der Waals surface area contributed by atoms with Crippen molar-refractivity contribution in [2.24, 2.45) is 0 Å². The summed E-state index contributed by atoms with van der Waals surface area (Å²) in [6.45, 7) is 1.98. The van der Waals surface area contributed by atoms with Crippen LogP contribution in [0.25, 0.3) is 0 Å². The Bertz CT molecular complexity index is 307. The van der Waals surface area contributed by atoms with Crippen molar-refractivity contribution < 1.29 is 10.2 Å². The van der Waals surface area contributed by atoms with Crippen LogP contribution in [0.5, 0.6) is 0 Å². The first kappa shape index (κ1) is 11.4. The summed E-state index contributed by atoms with van der Waals surface area (Å²) in [5.41, 5.74) is 1.06. The highest BCUT2D eigenvalue weighted by atomic mass is 79.9. The third-order valence-corrected chi connectivity index (χ3v) is 2.30. The Balaban J connectivity index is 2.59. The second-order valence-corrected chi connectivity index (χ2v) is 3.91. The van der Waals surface area contributed by atoms with E-state index in [0.717, 1.165) is 10.0 Å². The molecule has 4 nitrogen and oxygen atoms in total. The fourth-order valence-corrected chi connectivity index (χ4v) is 1.55. The van der Waals surface area contributed by atoms with E-state index in [2.05, 4.69) is 26.2 Å². The van der Waals surface area contributed by atoms with Gasteiger partial charge in [-0.1, -0.05) is 0 Å². The maximum absolute atomic E-state index is 9.11. The monoisotopic (exact) mass is 260 g/mol. The Morgan fingerprint density at radius 1 is 1.64 bits per heavy atom. The molecule has 0 aliphatic rings. The molecular weight excluding hydrogens is 248 g/mol. The average Bonchev–Trinajstić information content (AvgIpc) is 2.16. The molecule has 0 saturated heterocycles. The number of pyridine rings is 1. The minimum atomic E-state index is -0.759. The maximum Gasteiger partial charge on any atom is 0.140 e. The maximum atomic E-state index is 9.11. The molecule has 0 radical (unpaired) electrons. The lowest BCUT2D eigenvalue weighted by atomic mass is 10.3. The quantitative estimate of drug-likeness (QED) is 0.754. The van der Waals surface area contributed by atoms with Gasteiger partial charge in [0.25, 0.3) is 0 Å². The van der Waals surface area contributed by atoms with Crippen molar-refractivity contribution >= 4 is 21.7 Å². The number of anilines is 1. The zero-order valence-electron chi connectivity index (χ0n) is 7.87. The number of aliphatic hydroxyl groups excluding tert-OH is 2. The summed E-state index contributed by atoms with van der Waals surface area (Å²) in [4.78, 5) is 4.13. The lowest BCUT2D eigenvalue weighted by molar-refractivity contribution is 0.105. The zero-order chi connectivity index (χ0) is 10.6. The van der Waals surface area contributed by atoms with E-state index in [9.17, 15) is 0 Å². The van der Waals surface area contributed by atoms with E-state index in [4.69, 9.17) is 10.2 Å². The highest BCUT2D eigenvalue weighted by molar-refractivity contribution is 9.10. The highest BCUT2D eigenvalue weighted by Crippen LogP contribution is 2.20. The number of rotatable bonds is 4. The Morgan fingerprint density at radius 3 is 2.93 bits per heavy atom. The number of aliphatic hydroxyl groups is 2. The van der Waals surface area contributed by atoms with Crippen LogP contribution in [-0.2, 0) is 0 Å². The van der Waals surface area contributed by atoms with Gasteiger partial charge in [0.15, 0.2) is 0 Å². The fraction of sp³-hybridized carbons (Fsp3) is 0.444. The highest BCUT2D eigenvalue weighted by Gasteiger charge is 2.04. The molecule has 0 fully saturated rings. The van der Waals surface area contributed by atoms with E-state index in [1.54, 1.807) is 6.20 Å². The van der Waals surface area contributed by atoms with Crippen LogP contribution in [0.2, 0.25) is 0 Å². The molecule has 1 unspecified atom stereocenters. The second kappa shape index (κ2) is 5.29. The number of hydrogen-bond acceptors (Lipinski definition) is 4. The number of aromatic nitrogens is 1. The van der Waals surface area contributed by atoms with E-state index in [0.29, 0.717) is 5.82 Å². The van der Waals surface area contributed by atoms with Crippen LogP contribution in [-0.4, -0.2) is 34.5 Å². The molecule has 0 saturated carbocycles.